The number of benzene rings is 3. The van der Waals surface area contributed by atoms with Gasteiger partial charge in [-0.2, -0.15) is 0 Å². The topological polar surface area (TPSA) is 42.0 Å². The summed E-state index contributed by atoms with van der Waals surface area (Å²) in [7, 11) is 0. The van der Waals surface area contributed by atoms with E-state index in [1.54, 1.807) is 23.1 Å². The Morgan fingerprint density at radius 2 is 1.83 bits per heavy atom. The van der Waals surface area contributed by atoms with E-state index >= 15 is 0 Å². The molecule has 1 amide bonds. The molecule has 0 aliphatic carbocycles. The molecule has 0 saturated carbocycles. The summed E-state index contributed by atoms with van der Waals surface area (Å²) in [6, 6.07) is 24.4. The highest BCUT2D eigenvalue weighted by Crippen LogP contribution is 2.31. The number of thioether (sulfide) groups is 1. The summed E-state index contributed by atoms with van der Waals surface area (Å²) >= 11 is 3.33. The lowest BCUT2D eigenvalue weighted by atomic mass is 10.2. The van der Waals surface area contributed by atoms with Crippen LogP contribution in [0, 0.1) is 6.92 Å². The van der Waals surface area contributed by atoms with Crippen LogP contribution in [-0.4, -0.2) is 16.1 Å². The Labute approximate surface area is 179 Å². The summed E-state index contributed by atoms with van der Waals surface area (Å²) in [6.45, 7) is 4.04. The summed E-state index contributed by atoms with van der Waals surface area (Å²) in [6.07, 6.45) is 0. The summed E-state index contributed by atoms with van der Waals surface area (Å²) in [5, 5.41) is 3.89. The number of amides is 1. The molecule has 0 radical (unpaired) electrons. The third kappa shape index (κ3) is 4.86. The van der Waals surface area contributed by atoms with Crippen molar-refractivity contribution in [1.82, 2.24) is 4.98 Å². The lowest BCUT2D eigenvalue weighted by Crippen LogP contribution is -2.22. The predicted molar refractivity (Wildman–Crippen MR) is 126 cm³/mol. The van der Waals surface area contributed by atoms with Crippen LogP contribution in [0.15, 0.2) is 72.8 Å². The van der Waals surface area contributed by atoms with Crippen molar-refractivity contribution in [2.75, 3.05) is 5.32 Å². The fraction of sp³-hybridized carbons (Fsp3) is 0.167. The van der Waals surface area contributed by atoms with Crippen molar-refractivity contribution in [3.8, 4) is 10.6 Å². The van der Waals surface area contributed by atoms with Gasteiger partial charge < -0.3 is 5.32 Å². The molecule has 4 aromatic rings. The van der Waals surface area contributed by atoms with Gasteiger partial charge in [-0.25, -0.2) is 4.98 Å². The van der Waals surface area contributed by atoms with Crippen molar-refractivity contribution >= 4 is 44.9 Å². The smallest absolute Gasteiger partial charge is 0.237 e. The van der Waals surface area contributed by atoms with Gasteiger partial charge in [-0.05, 0) is 61.4 Å². The SMILES string of the molecule is Cc1ccc2nc(-c3ccc(NC(=O)C(C)SCc4ccccc4)cc3)sc2c1. The number of carbonyl (C=O) groups is 1. The molecule has 0 saturated heterocycles. The number of nitrogens with zero attached hydrogens (tertiary/aromatic N) is 1. The van der Waals surface area contributed by atoms with Gasteiger partial charge in [-0.3, -0.25) is 4.79 Å². The zero-order valence-corrected chi connectivity index (χ0v) is 18.0. The van der Waals surface area contributed by atoms with Gasteiger partial charge in [0, 0.05) is 17.0 Å². The van der Waals surface area contributed by atoms with Crippen LogP contribution in [0.1, 0.15) is 18.1 Å². The summed E-state index contributed by atoms with van der Waals surface area (Å²) in [5.74, 6) is 0.847. The molecule has 3 nitrogen and oxygen atoms in total. The number of anilines is 1. The van der Waals surface area contributed by atoms with Crippen molar-refractivity contribution < 1.29 is 4.79 Å². The van der Waals surface area contributed by atoms with Crippen molar-refractivity contribution in [1.29, 1.82) is 0 Å². The number of hydrogen-bond donors (Lipinski definition) is 1. The van der Waals surface area contributed by atoms with Gasteiger partial charge in [-0.15, -0.1) is 23.1 Å². The highest BCUT2D eigenvalue weighted by atomic mass is 32.2. The molecule has 1 atom stereocenters. The second-order valence-corrected chi connectivity index (χ2v) is 9.36. The van der Waals surface area contributed by atoms with E-state index in [0.29, 0.717) is 0 Å². The Hall–Kier alpha value is -2.63. The van der Waals surface area contributed by atoms with Crippen molar-refractivity contribution in [2.45, 2.75) is 24.9 Å². The Kier molecular flexibility index (Phi) is 5.97. The fourth-order valence-corrected chi connectivity index (χ4v) is 4.88. The average Bonchev–Trinajstić information content (AvgIpc) is 3.16. The fourth-order valence-electron chi connectivity index (χ4n) is 2.97. The van der Waals surface area contributed by atoms with Crippen molar-refractivity contribution in [3.05, 3.63) is 83.9 Å². The minimum atomic E-state index is -0.123. The van der Waals surface area contributed by atoms with Crippen molar-refractivity contribution in [3.63, 3.8) is 0 Å². The number of nitrogens with one attached hydrogen (secondary N) is 1. The van der Waals surface area contributed by atoms with Crippen LogP contribution in [0.3, 0.4) is 0 Å². The first-order valence-electron chi connectivity index (χ1n) is 9.52. The second kappa shape index (κ2) is 8.80. The van der Waals surface area contributed by atoms with Crippen LogP contribution in [0.25, 0.3) is 20.8 Å². The van der Waals surface area contributed by atoms with Crippen LogP contribution in [0.4, 0.5) is 5.69 Å². The molecule has 146 valence electrons. The number of hydrogen-bond acceptors (Lipinski definition) is 4. The zero-order valence-electron chi connectivity index (χ0n) is 16.4. The van der Waals surface area contributed by atoms with E-state index in [9.17, 15) is 4.79 Å². The van der Waals surface area contributed by atoms with Crippen molar-refractivity contribution in [2.24, 2.45) is 0 Å². The standard InChI is InChI=1S/C24H22N2OS2/c1-16-8-13-21-22(14-16)29-24(26-21)19-9-11-20(12-10-19)25-23(27)17(2)28-15-18-6-4-3-5-7-18/h3-14,17H,15H2,1-2H3,(H,25,27). The number of fused-ring (bicyclic) bond motifs is 1. The highest BCUT2D eigenvalue weighted by molar-refractivity contribution is 7.99. The van der Waals surface area contributed by atoms with Crippen LogP contribution in [-0.2, 0) is 10.5 Å². The first-order chi connectivity index (χ1) is 14.1. The molecule has 5 heteroatoms. The zero-order chi connectivity index (χ0) is 20.2. The van der Waals surface area contributed by atoms with E-state index in [1.165, 1.54) is 15.8 Å². The second-order valence-electron chi connectivity index (χ2n) is 7.00. The van der Waals surface area contributed by atoms with Gasteiger partial charge in [0.2, 0.25) is 5.91 Å². The molecular weight excluding hydrogens is 396 g/mol. The van der Waals surface area contributed by atoms with E-state index < -0.39 is 0 Å². The van der Waals surface area contributed by atoms with Gasteiger partial charge in [-0.1, -0.05) is 36.4 Å². The number of rotatable bonds is 6. The molecule has 1 aromatic heterocycles. The molecule has 0 aliphatic rings. The summed E-state index contributed by atoms with van der Waals surface area (Å²) in [4.78, 5) is 17.2. The minimum absolute atomic E-state index is 0.0224. The van der Waals surface area contributed by atoms with Gasteiger partial charge in [0.15, 0.2) is 0 Å². The third-order valence-electron chi connectivity index (χ3n) is 4.66. The van der Waals surface area contributed by atoms with E-state index in [-0.39, 0.29) is 11.2 Å². The molecule has 0 aliphatic heterocycles. The lowest BCUT2D eigenvalue weighted by Gasteiger charge is -2.12. The summed E-state index contributed by atoms with van der Waals surface area (Å²) < 4.78 is 1.20. The first kappa shape index (κ1) is 19.7. The molecule has 29 heavy (non-hydrogen) atoms. The first-order valence-corrected chi connectivity index (χ1v) is 11.4. The molecule has 1 heterocycles. The number of aromatic nitrogens is 1. The monoisotopic (exact) mass is 418 g/mol. The lowest BCUT2D eigenvalue weighted by molar-refractivity contribution is -0.115. The molecule has 0 fully saturated rings. The molecule has 0 spiro atoms. The number of carbonyl (C=O) groups excluding carboxylic acids is 1. The highest BCUT2D eigenvalue weighted by Gasteiger charge is 2.14. The maximum absolute atomic E-state index is 12.5. The van der Waals surface area contributed by atoms with E-state index in [1.807, 2.05) is 49.4 Å². The molecule has 1 unspecified atom stereocenters. The number of thiazole rings is 1. The molecule has 4 rings (SSSR count). The van der Waals surface area contributed by atoms with E-state index in [0.717, 1.165) is 27.5 Å². The Bertz CT molecular complexity index is 1120. The van der Waals surface area contributed by atoms with Gasteiger partial charge in [0.25, 0.3) is 0 Å². The molecule has 0 bridgehead atoms. The quantitative estimate of drug-likeness (QED) is 0.387. The summed E-state index contributed by atoms with van der Waals surface area (Å²) in [5.41, 5.74) is 5.37. The minimum Gasteiger partial charge on any atom is -0.325 e. The van der Waals surface area contributed by atoms with Gasteiger partial charge in [0.05, 0.1) is 15.5 Å². The average molecular weight is 419 g/mol. The maximum Gasteiger partial charge on any atom is 0.237 e. The van der Waals surface area contributed by atoms with Crippen LogP contribution >= 0.6 is 23.1 Å². The van der Waals surface area contributed by atoms with E-state index in [4.69, 9.17) is 4.98 Å². The van der Waals surface area contributed by atoms with Crippen LogP contribution in [0.5, 0.6) is 0 Å². The number of aryl methyl sites for hydroxylation is 1. The Balaban J connectivity index is 1.38. The Morgan fingerprint density at radius 3 is 2.59 bits per heavy atom. The third-order valence-corrected chi connectivity index (χ3v) is 6.94. The maximum atomic E-state index is 12.5. The Morgan fingerprint density at radius 1 is 1.07 bits per heavy atom. The van der Waals surface area contributed by atoms with E-state index in [2.05, 4.69) is 42.6 Å². The van der Waals surface area contributed by atoms with Crippen LogP contribution < -0.4 is 5.32 Å². The normalized spacial score (nSPS) is 12.1. The largest absolute Gasteiger partial charge is 0.325 e. The molecule has 3 aromatic carbocycles. The van der Waals surface area contributed by atoms with Gasteiger partial charge >= 0.3 is 0 Å². The molecule has 1 N–H and O–H groups in total. The van der Waals surface area contributed by atoms with Crippen LogP contribution in [0.2, 0.25) is 0 Å². The van der Waals surface area contributed by atoms with Gasteiger partial charge in [0.1, 0.15) is 5.01 Å². The predicted octanol–water partition coefficient (Wildman–Crippen LogP) is 6.53. The molecular formula is C24H22N2OS2.